The second kappa shape index (κ2) is 7.61. The van der Waals surface area contributed by atoms with E-state index in [1.54, 1.807) is 23.1 Å². The molecule has 0 saturated carbocycles. The molecule has 0 spiro atoms. The van der Waals surface area contributed by atoms with Gasteiger partial charge in [-0.1, -0.05) is 0 Å². The Morgan fingerprint density at radius 3 is 2.70 bits per heavy atom. The largest absolute Gasteiger partial charge is 0.417 e. The molecule has 2 heterocycles. The van der Waals surface area contributed by atoms with Crippen LogP contribution in [-0.4, -0.2) is 33.8 Å². The van der Waals surface area contributed by atoms with E-state index >= 15 is 0 Å². The van der Waals surface area contributed by atoms with E-state index in [0.29, 0.717) is 31.9 Å². The Labute approximate surface area is 130 Å². The van der Waals surface area contributed by atoms with Crippen molar-refractivity contribution in [3.63, 3.8) is 0 Å². The lowest BCUT2D eigenvalue weighted by atomic mass is 10.3. The molecule has 0 aliphatic rings. The minimum atomic E-state index is -4.39. The number of aryl methyl sites for hydroxylation is 1. The second-order valence-corrected chi connectivity index (χ2v) is 4.73. The average Bonchev–Trinajstić information content (AvgIpc) is 3.02. The predicted octanol–water partition coefficient (Wildman–Crippen LogP) is 1.92. The van der Waals surface area contributed by atoms with Crippen LogP contribution in [0.2, 0.25) is 0 Å². The number of rotatable bonds is 7. The van der Waals surface area contributed by atoms with E-state index < -0.39 is 11.7 Å². The molecule has 2 rings (SSSR count). The highest BCUT2D eigenvalue weighted by Crippen LogP contribution is 2.28. The summed E-state index contributed by atoms with van der Waals surface area (Å²) >= 11 is 0. The fourth-order valence-corrected chi connectivity index (χ4v) is 1.80. The number of hydrogen-bond acceptors (Lipinski definition) is 4. The number of aromatic nitrogens is 3. The third-order valence-corrected chi connectivity index (χ3v) is 2.97. The molecule has 0 aromatic carbocycles. The first-order valence-corrected chi connectivity index (χ1v) is 6.96. The van der Waals surface area contributed by atoms with Gasteiger partial charge in [0.15, 0.2) is 0 Å². The summed E-state index contributed by atoms with van der Waals surface area (Å²) in [5.74, 6) is 0.200. The Balaban J connectivity index is 1.64. The van der Waals surface area contributed by atoms with Crippen LogP contribution in [0.4, 0.5) is 19.0 Å². The Kier molecular flexibility index (Phi) is 5.56. The van der Waals surface area contributed by atoms with Gasteiger partial charge in [-0.15, -0.1) is 0 Å². The smallest absolute Gasteiger partial charge is 0.368 e. The lowest BCUT2D eigenvalue weighted by Gasteiger charge is -2.09. The summed E-state index contributed by atoms with van der Waals surface area (Å²) in [7, 11) is 0. The van der Waals surface area contributed by atoms with Crippen molar-refractivity contribution in [1.82, 2.24) is 20.1 Å². The number of halogens is 3. The van der Waals surface area contributed by atoms with Gasteiger partial charge in [-0.25, -0.2) is 4.98 Å². The maximum Gasteiger partial charge on any atom is 0.417 e. The minimum absolute atomic E-state index is 0.123. The van der Waals surface area contributed by atoms with E-state index in [9.17, 15) is 18.0 Å². The third kappa shape index (κ3) is 5.61. The normalized spacial score (nSPS) is 11.3. The predicted molar refractivity (Wildman–Crippen MR) is 77.6 cm³/mol. The van der Waals surface area contributed by atoms with E-state index in [4.69, 9.17) is 0 Å². The molecule has 0 atom stereocenters. The number of hydrogen-bond donors (Lipinski definition) is 2. The van der Waals surface area contributed by atoms with Crippen LogP contribution in [0.5, 0.6) is 0 Å². The van der Waals surface area contributed by atoms with Crippen LogP contribution in [0.1, 0.15) is 12.0 Å². The molecule has 0 bridgehead atoms. The van der Waals surface area contributed by atoms with Gasteiger partial charge < -0.3 is 10.6 Å². The van der Waals surface area contributed by atoms with Gasteiger partial charge in [-0.2, -0.15) is 18.3 Å². The first kappa shape index (κ1) is 16.8. The summed E-state index contributed by atoms with van der Waals surface area (Å²) in [6.07, 6.45) is 0.0866. The van der Waals surface area contributed by atoms with Crippen LogP contribution in [0.3, 0.4) is 0 Å². The minimum Gasteiger partial charge on any atom is -0.368 e. The number of carbonyl (C=O) groups is 1. The average molecular weight is 327 g/mol. The van der Waals surface area contributed by atoms with Crippen molar-refractivity contribution in [1.29, 1.82) is 0 Å². The molecule has 0 radical (unpaired) electrons. The lowest BCUT2D eigenvalue weighted by molar-refractivity contribution is -0.137. The van der Waals surface area contributed by atoms with E-state index in [2.05, 4.69) is 20.7 Å². The molecule has 0 aliphatic carbocycles. The van der Waals surface area contributed by atoms with Crippen molar-refractivity contribution in [2.24, 2.45) is 0 Å². The van der Waals surface area contributed by atoms with E-state index in [1.807, 2.05) is 0 Å². The first-order valence-electron chi connectivity index (χ1n) is 6.96. The fourth-order valence-electron chi connectivity index (χ4n) is 1.80. The standard InChI is InChI=1S/C14H16F3N5O/c15-14(16,17)11-2-3-12(20-10-11)18-6-7-19-13(23)4-9-22-8-1-5-21-22/h1-3,5,8,10H,4,6-7,9H2,(H,18,20)(H,19,23). The van der Waals surface area contributed by atoms with Gasteiger partial charge in [-0.05, 0) is 18.2 Å². The van der Waals surface area contributed by atoms with Gasteiger partial charge in [0.2, 0.25) is 5.91 Å². The summed E-state index contributed by atoms with van der Waals surface area (Å²) in [6.45, 7) is 1.21. The van der Waals surface area contributed by atoms with Gasteiger partial charge >= 0.3 is 6.18 Å². The van der Waals surface area contributed by atoms with E-state index in [1.165, 1.54) is 6.07 Å². The van der Waals surface area contributed by atoms with Crippen LogP contribution in [0.25, 0.3) is 0 Å². The Hall–Kier alpha value is -2.58. The lowest BCUT2D eigenvalue weighted by Crippen LogP contribution is -2.29. The monoisotopic (exact) mass is 327 g/mol. The van der Waals surface area contributed by atoms with E-state index in [-0.39, 0.29) is 5.91 Å². The quantitative estimate of drug-likeness (QED) is 0.762. The number of nitrogens with one attached hydrogen (secondary N) is 2. The number of alkyl halides is 3. The molecule has 124 valence electrons. The summed E-state index contributed by atoms with van der Waals surface area (Å²) < 4.78 is 38.8. The van der Waals surface area contributed by atoms with Crippen molar-refractivity contribution in [3.05, 3.63) is 42.4 Å². The van der Waals surface area contributed by atoms with Gasteiger partial charge in [0.1, 0.15) is 5.82 Å². The molecule has 2 N–H and O–H groups in total. The number of pyridine rings is 1. The molecular formula is C14H16F3N5O. The fraction of sp³-hybridized carbons (Fsp3) is 0.357. The topological polar surface area (TPSA) is 71.8 Å². The molecule has 0 unspecified atom stereocenters. The summed E-state index contributed by atoms with van der Waals surface area (Å²) in [4.78, 5) is 15.3. The summed E-state index contributed by atoms with van der Waals surface area (Å²) in [5, 5.41) is 9.52. The molecule has 0 fully saturated rings. The molecule has 0 aliphatic heterocycles. The second-order valence-electron chi connectivity index (χ2n) is 4.73. The zero-order valence-corrected chi connectivity index (χ0v) is 12.2. The molecule has 0 saturated heterocycles. The molecule has 2 aromatic rings. The molecular weight excluding hydrogens is 311 g/mol. The SMILES string of the molecule is O=C(CCn1cccn1)NCCNc1ccc(C(F)(F)F)cn1. The van der Waals surface area contributed by atoms with Crippen LogP contribution >= 0.6 is 0 Å². The molecule has 2 aromatic heterocycles. The highest BCUT2D eigenvalue weighted by molar-refractivity contribution is 5.75. The zero-order valence-electron chi connectivity index (χ0n) is 12.2. The Bertz CT molecular complexity index is 610. The van der Waals surface area contributed by atoms with Crippen LogP contribution in [0, 0.1) is 0 Å². The number of anilines is 1. The van der Waals surface area contributed by atoms with Crippen molar-refractivity contribution in [2.45, 2.75) is 19.1 Å². The van der Waals surface area contributed by atoms with Gasteiger partial charge in [0.25, 0.3) is 0 Å². The first-order chi connectivity index (χ1) is 10.9. The molecule has 23 heavy (non-hydrogen) atoms. The van der Waals surface area contributed by atoms with Crippen LogP contribution < -0.4 is 10.6 Å². The van der Waals surface area contributed by atoms with Crippen molar-refractivity contribution < 1.29 is 18.0 Å². The summed E-state index contributed by atoms with van der Waals surface area (Å²) in [6, 6.07) is 3.99. The van der Waals surface area contributed by atoms with Gasteiger partial charge in [0.05, 0.1) is 5.56 Å². The summed E-state index contributed by atoms with van der Waals surface area (Å²) in [5.41, 5.74) is -0.796. The van der Waals surface area contributed by atoms with Crippen LogP contribution in [-0.2, 0) is 17.5 Å². The van der Waals surface area contributed by atoms with E-state index in [0.717, 1.165) is 12.3 Å². The van der Waals surface area contributed by atoms with Crippen LogP contribution in [0.15, 0.2) is 36.8 Å². The third-order valence-electron chi connectivity index (χ3n) is 2.97. The molecule has 9 heteroatoms. The number of amides is 1. The highest BCUT2D eigenvalue weighted by atomic mass is 19.4. The van der Waals surface area contributed by atoms with Gasteiger partial charge in [0, 0.05) is 44.6 Å². The zero-order chi connectivity index (χ0) is 16.7. The molecule has 1 amide bonds. The number of carbonyl (C=O) groups excluding carboxylic acids is 1. The van der Waals surface area contributed by atoms with Gasteiger partial charge in [-0.3, -0.25) is 9.48 Å². The highest BCUT2D eigenvalue weighted by Gasteiger charge is 2.30. The number of nitrogens with zero attached hydrogens (tertiary/aromatic N) is 3. The molecule has 6 nitrogen and oxygen atoms in total. The van der Waals surface area contributed by atoms with Crippen molar-refractivity contribution in [3.8, 4) is 0 Å². The van der Waals surface area contributed by atoms with Crippen molar-refractivity contribution >= 4 is 11.7 Å². The maximum absolute atomic E-state index is 12.4. The Morgan fingerprint density at radius 2 is 2.09 bits per heavy atom. The van der Waals surface area contributed by atoms with Crippen molar-refractivity contribution in [2.75, 3.05) is 18.4 Å². The maximum atomic E-state index is 12.4. The Morgan fingerprint density at radius 1 is 1.26 bits per heavy atom.